The fourth-order valence-corrected chi connectivity index (χ4v) is 1.81. The molecule has 2 aromatic heterocycles. The van der Waals surface area contributed by atoms with Crippen LogP contribution in [-0.4, -0.2) is 9.38 Å². The molecule has 0 aliphatic carbocycles. The molecule has 12 heavy (non-hydrogen) atoms. The van der Waals surface area contributed by atoms with Crippen LogP contribution in [-0.2, 0) is 5.33 Å². The largest absolute Gasteiger partial charge is 0.306 e. The molecule has 0 bridgehead atoms. The lowest BCUT2D eigenvalue weighted by Crippen LogP contribution is -1.80. The second kappa shape index (κ2) is 3.18. The molecular formula is C8H6Br2N2. The monoisotopic (exact) mass is 288 g/mol. The highest BCUT2D eigenvalue weighted by Crippen LogP contribution is 2.17. The fourth-order valence-electron chi connectivity index (χ4n) is 1.09. The quantitative estimate of drug-likeness (QED) is 0.738. The molecule has 62 valence electrons. The van der Waals surface area contributed by atoms with Crippen molar-refractivity contribution in [1.82, 2.24) is 9.38 Å². The summed E-state index contributed by atoms with van der Waals surface area (Å²) in [5.41, 5.74) is 2.01. The zero-order valence-corrected chi connectivity index (χ0v) is 9.34. The minimum atomic E-state index is 0.793. The fraction of sp³-hybridized carbons (Fsp3) is 0.125. The van der Waals surface area contributed by atoms with Crippen molar-refractivity contribution >= 4 is 37.5 Å². The molecule has 0 spiro atoms. The third-order valence-electron chi connectivity index (χ3n) is 1.62. The number of pyridine rings is 1. The van der Waals surface area contributed by atoms with Gasteiger partial charge in [-0.3, -0.25) is 0 Å². The third kappa shape index (κ3) is 1.29. The molecule has 0 aromatic carbocycles. The molecule has 0 radical (unpaired) electrons. The first-order valence-electron chi connectivity index (χ1n) is 3.49. The van der Waals surface area contributed by atoms with E-state index >= 15 is 0 Å². The van der Waals surface area contributed by atoms with Crippen LogP contribution in [0.15, 0.2) is 29.0 Å². The molecule has 0 saturated heterocycles. The predicted octanol–water partition coefficient (Wildman–Crippen LogP) is 2.99. The lowest BCUT2D eigenvalue weighted by atomic mass is 10.5. The van der Waals surface area contributed by atoms with Crippen LogP contribution >= 0.6 is 31.9 Å². The number of hydrogen-bond acceptors (Lipinski definition) is 1. The van der Waals surface area contributed by atoms with E-state index in [-0.39, 0.29) is 0 Å². The van der Waals surface area contributed by atoms with Gasteiger partial charge in [-0.25, -0.2) is 4.98 Å². The van der Waals surface area contributed by atoms with E-state index in [1.165, 1.54) is 0 Å². The van der Waals surface area contributed by atoms with Crippen molar-refractivity contribution in [3.05, 3.63) is 34.7 Å². The highest BCUT2D eigenvalue weighted by atomic mass is 79.9. The summed E-state index contributed by atoms with van der Waals surface area (Å²) in [6.45, 7) is 0. The molecule has 0 N–H and O–H groups in total. The summed E-state index contributed by atoms with van der Waals surface area (Å²) in [4.78, 5) is 4.40. The van der Waals surface area contributed by atoms with Crippen LogP contribution in [0.3, 0.4) is 0 Å². The van der Waals surface area contributed by atoms with Crippen molar-refractivity contribution in [3.8, 4) is 0 Å². The van der Waals surface area contributed by atoms with E-state index in [0.717, 1.165) is 21.1 Å². The summed E-state index contributed by atoms with van der Waals surface area (Å²) in [5.74, 6) is 0. The average molecular weight is 290 g/mol. The van der Waals surface area contributed by atoms with Crippen LogP contribution < -0.4 is 0 Å². The molecule has 2 rings (SSSR count). The Hall–Kier alpha value is -0.350. The van der Waals surface area contributed by atoms with E-state index in [9.17, 15) is 0 Å². The van der Waals surface area contributed by atoms with Crippen LogP contribution in [0.5, 0.6) is 0 Å². The molecule has 2 heterocycles. The summed E-state index contributed by atoms with van der Waals surface area (Å²) < 4.78 is 3.03. The number of nitrogens with zero attached hydrogens (tertiary/aromatic N) is 2. The Kier molecular flexibility index (Phi) is 2.19. The lowest BCUT2D eigenvalue weighted by molar-refractivity contribution is 1.18. The van der Waals surface area contributed by atoms with E-state index in [1.807, 2.05) is 28.9 Å². The van der Waals surface area contributed by atoms with Gasteiger partial charge < -0.3 is 4.40 Å². The summed E-state index contributed by atoms with van der Waals surface area (Å²) in [7, 11) is 0. The van der Waals surface area contributed by atoms with Gasteiger partial charge >= 0.3 is 0 Å². The SMILES string of the molecule is BrCc1cn2cccc(Br)c2n1. The summed E-state index contributed by atoms with van der Waals surface area (Å²) in [6, 6.07) is 3.97. The zero-order valence-electron chi connectivity index (χ0n) is 6.17. The normalized spacial score (nSPS) is 10.8. The van der Waals surface area contributed by atoms with Gasteiger partial charge in [-0.15, -0.1) is 0 Å². The Morgan fingerprint density at radius 1 is 1.50 bits per heavy atom. The molecule has 2 nitrogen and oxygen atoms in total. The second-order valence-electron chi connectivity index (χ2n) is 2.45. The van der Waals surface area contributed by atoms with Crippen LogP contribution in [0.25, 0.3) is 5.65 Å². The minimum Gasteiger partial charge on any atom is -0.306 e. The summed E-state index contributed by atoms with van der Waals surface area (Å²) in [6.07, 6.45) is 3.99. The van der Waals surface area contributed by atoms with Gasteiger partial charge in [0.2, 0.25) is 0 Å². The number of hydrogen-bond donors (Lipinski definition) is 0. The summed E-state index contributed by atoms with van der Waals surface area (Å²) >= 11 is 6.81. The van der Waals surface area contributed by atoms with Gasteiger partial charge in [0, 0.05) is 17.7 Å². The first kappa shape index (κ1) is 8.26. The maximum Gasteiger partial charge on any atom is 0.151 e. The average Bonchev–Trinajstić information content (AvgIpc) is 2.49. The smallest absolute Gasteiger partial charge is 0.151 e. The van der Waals surface area contributed by atoms with Gasteiger partial charge in [0.15, 0.2) is 5.65 Å². The van der Waals surface area contributed by atoms with E-state index in [0.29, 0.717) is 0 Å². The number of aromatic nitrogens is 2. The van der Waals surface area contributed by atoms with Gasteiger partial charge in [-0.1, -0.05) is 15.9 Å². The molecule has 4 heteroatoms. The van der Waals surface area contributed by atoms with E-state index in [4.69, 9.17) is 0 Å². The molecule has 0 aliphatic rings. The van der Waals surface area contributed by atoms with Gasteiger partial charge in [0.05, 0.1) is 10.2 Å². The number of imidazole rings is 1. The third-order valence-corrected chi connectivity index (χ3v) is 2.82. The number of alkyl halides is 1. The summed E-state index contributed by atoms with van der Waals surface area (Å²) in [5, 5.41) is 0.793. The molecule has 0 fully saturated rings. The van der Waals surface area contributed by atoms with Crippen LogP contribution in [0.2, 0.25) is 0 Å². The van der Waals surface area contributed by atoms with E-state index < -0.39 is 0 Å². The standard InChI is InChI=1S/C8H6Br2N2/c9-4-6-5-12-3-1-2-7(10)8(12)11-6/h1-3,5H,4H2. The highest BCUT2D eigenvalue weighted by molar-refractivity contribution is 9.10. The number of rotatable bonds is 1. The van der Waals surface area contributed by atoms with E-state index in [2.05, 4.69) is 36.8 Å². The van der Waals surface area contributed by atoms with Crippen molar-refractivity contribution in [2.24, 2.45) is 0 Å². The van der Waals surface area contributed by atoms with Crippen molar-refractivity contribution in [3.63, 3.8) is 0 Å². The Labute approximate surface area is 86.9 Å². The molecule has 2 aromatic rings. The highest BCUT2D eigenvalue weighted by Gasteiger charge is 2.01. The van der Waals surface area contributed by atoms with Crippen molar-refractivity contribution in [1.29, 1.82) is 0 Å². The maximum atomic E-state index is 4.40. The van der Waals surface area contributed by atoms with Crippen molar-refractivity contribution in [2.45, 2.75) is 5.33 Å². The van der Waals surface area contributed by atoms with E-state index in [1.54, 1.807) is 0 Å². The predicted molar refractivity (Wildman–Crippen MR) is 55.5 cm³/mol. The topological polar surface area (TPSA) is 17.3 Å². The van der Waals surface area contributed by atoms with Crippen LogP contribution in [0.4, 0.5) is 0 Å². The van der Waals surface area contributed by atoms with Gasteiger partial charge in [0.25, 0.3) is 0 Å². The van der Waals surface area contributed by atoms with Gasteiger partial charge in [0.1, 0.15) is 0 Å². The lowest BCUT2D eigenvalue weighted by Gasteiger charge is -1.92. The Balaban J connectivity index is 2.74. The first-order valence-corrected chi connectivity index (χ1v) is 5.41. The van der Waals surface area contributed by atoms with Crippen LogP contribution in [0, 0.1) is 0 Å². The van der Waals surface area contributed by atoms with Gasteiger partial charge in [-0.2, -0.15) is 0 Å². The Morgan fingerprint density at radius 2 is 2.33 bits per heavy atom. The molecule has 0 unspecified atom stereocenters. The zero-order chi connectivity index (χ0) is 8.55. The molecule has 0 atom stereocenters. The van der Waals surface area contributed by atoms with Crippen molar-refractivity contribution < 1.29 is 0 Å². The van der Waals surface area contributed by atoms with Gasteiger partial charge in [-0.05, 0) is 28.1 Å². The van der Waals surface area contributed by atoms with Crippen LogP contribution in [0.1, 0.15) is 5.69 Å². The first-order chi connectivity index (χ1) is 5.81. The number of halogens is 2. The minimum absolute atomic E-state index is 0.793. The Morgan fingerprint density at radius 3 is 3.00 bits per heavy atom. The molecular weight excluding hydrogens is 284 g/mol. The number of fused-ring (bicyclic) bond motifs is 1. The second-order valence-corrected chi connectivity index (χ2v) is 3.87. The molecule has 0 aliphatic heterocycles. The maximum absolute atomic E-state index is 4.40. The Bertz CT molecular complexity index is 408. The van der Waals surface area contributed by atoms with Crippen molar-refractivity contribution in [2.75, 3.05) is 0 Å². The molecule has 0 saturated carbocycles. The molecule has 0 amide bonds.